The molecule has 358 valence electrons. The number of ether oxygens (including phenoxy) is 1. The monoisotopic (exact) mass is 934 g/mol. The Bertz CT molecular complexity index is 3130. The summed E-state index contributed by atoms with van der Waals surface area (Å²) in [5, 5.41) is 85.5. The van der Waals surface area contributed by atoms with Gasteiger partial charge in [0, 0.05) is 92.4 Å². The van der Waals surface area contributed by atoms with Crippen LogP contribution >= 0.6 is 0 Å². The molecule has 0 spiro atoms. The summed E-state index contributed by atoms with van der Waals surface area (Å²) < 4.78 is 6.13. The Morgan fingerprint density at radius 1 is 0.500 bits per heavy atom. The maximum atomic E-state index is 12.3. The fourth-order valence-corrected chi connectivity index (χ4v) is 10.4. The maximum absolute atomic E-state index is 12.3. The van der Waals surface area contributed by atoms with Gasteiger partial charge >= 0.3 is 0 Å². The molecule has 0 aliphatic heterocycles. The minimum atomic E-state index is -0.894. The number of methoxy groups -OCH3 is 1. The van der Waals surface area contributed by atoms with Crippen molar-refractivity contribution < 1.29 is 40.5 Å². The number of phenolic OH excluding ortho intramolecular Hbond substituents is 7. The zero-order valence-corrected chi connectivity index (χ0v) is 40.8. The van der Waals surface area contributed by atoms with Crippen molar-refractivity contribution in [2.24, 2.45) is 5.92 Å². The molecule has 8 heteroatoms. The van der Waals surface area contributed by atoms with Crippen molar-refractivity contribution in [1.82, 2.24) is 0 Å². The van der Waals surface area contributed by atoms with Crippen LogP contribution in [0.2, 0.25) is 0 Å². The number of hydrogen-bond acceptors (Lipinski definition) is 8. The van der Waals surface area contributed by atoms with E-state index in [2.05, 4.69) is 39.5 Å². The minimum absolute atomic E-state index is 0.101. The minimum Gasteiger partial charge on any atom is -0.507 e. The molecule has 5 unspecified atom stereocenters. The molecule has 0 saturated carbocycles. The number of aromatic hydroxyl groups is 7. The van der Waals surface area contributed by atoms with E-state index in [1.807, 2.05) is 99.6 Å². The molecular weight excluding hydrogens is 873 g/mol. The SMILES string of the molecule is C=C/C(=C\C(C)C=C(C)C)C1c2cc(c(O)cc2O)C(c2ccc(CC)cc2)c2cc(c(O)cc2O)C(c2ccc(CC)cc2)c2cc(c(O)cc2O)C(c2ccc(C)cc2)c2cc1c(OC)cc2O. The van der Waals surface area contributed by atoms with Crippen LogP contribution in [0.1, 0.15) is 136 Å². The first kappa shape index (κ1) is 48.6. The Kier molecular flexibility index (Phi) is 13.9. The molecule has 0 saturated heterocycles. The third kappa shape index (κ3) is 9.34. The summed E-state index contributed by atoms with van der Waals surface area (Å²) in [6, 6.07) is 36.0. The normalized spacial score (nSPS) is 17.1. The standard InChI is InChI=1S/C62H62O8/c1-9-37-14-20-41(21-15-37)61-44-26-43(51(63)30-52(44)64)59(39(11-3)25-36(7)24-34(4)5)50-29-49(57(69)33-58(50)70-8)60(40-18-12-35(6)13-19-40)45-27-46(54(66)31-53(45)65)62(42-22-16-38(10-2)17-23-42)48-28-47(61)55(67)32-56(48)68/h11-33,36,59-69H,3,9-10H2,1-2,4-8H3/b39-25+. The molecular formula is C62H62O8. The van der Waals surface area contributed by atoms with E-state index in [0.717, 1.165) is 35.1 Å². The van der Waals surface area contributed by atoms with Crippen LogP contribution in [-0.2, 0) is 12.8 Å². The van der Waals surface area contributed by atoms with Gasteiger partial charge in [0.25, 0.3) is 0 Å². The summed E-state index contributed by atoms with van der Waals surface area (Å²) in [6.45, 7) is 16.5. The Morgan fingerprint density at radius 3 is 1.20 bits per heavy atom. The van der Waals surface area contributed by atoms with Gasteiger partial charge in [0.2, 0.25) is 0 Å². The van der Waals surface area contributed by atoms with E-state index in [1.165, 1.54) is 31.4 Å². The predicted octanol–water partition coefficient (Wildman–Crippen LogP) is 13.8. The highest BCUT2D eigenvalue weighted by Crippen LogP contribution is 2.54. The average molecular weight is 935 g/mol. The number of hydrogen-bond donors (Lipinski definition) is 7. The smallest absolute Gasteiger partial charge is 0.126 e. The zero-order valence-electron chi connectivity index (χ0n) is 40.8. The molecule has 0 heterocycles. The molecule has 1 aliphatic carbocycles. The Labute approximate surface area is 411 Å². The second kappa shape index (κ2) is 20.0. The molecule has 5 atom stereocenters. The summed E-state index contributed by atoms with van der Waals surface area (Å²) in [6.07, 6.45) is 7.46. The van der Waals surface area contributed by atoms with E-state index in [1.54, 1.807) is 24.3 Å². The van der Waals surface area contributed by atoms with Gasteiger partial charge in [0.05, 0.1) is 7.11 Å². The van der Waals surface area contributed by atoms with Gasteiger partial charge in [-0.15, -0.1) is 0 Å². The highest BCUT2D eigenvalue weighted by molar-refractivity contribution is 5.67. The van der Waals surface area contributed by atoms with Crippen molar-refractivity contribution in [1.29, 1.82) is 0 Å². The summed E-state index contributed by atoms with van der Waals surface area (Å²) in [7, 11) is 1.51. The molecule has 7 aromatic rings. The van der Waals surface area contributed by atoms with Crippen molar-refractivity contribution in [3.8, 4) is 46.0 Å². The molecule has 0 aromatic heterocycles. The second-order valence-corrected chi connectivity index (χ2v) is 18.9. The number of aryl methyl sites for hydroxylation is 3. The second-order valence-electron chi connectivity index (χ2n) is 18.9. The molecule has 1 aliphatic rings. The third-order valence-corrected chi connectivity index (χ3v) is 13.9. The summed E-state index contributed by atoms with van der Waals surface area (Å²) >= 11 is 0. The lowest BCUT2D eigenvalue weighted by molar-refractivity contribution is 0.399. The third-order valence-electron chi connectivity index (χ3n) is 13.9. The Balaban J connectivity index is 1.60. The van der Waals surface area contributed by atoms with Crippen LogP contribution in [0.25, 0.3) is 0 Å². The molecule has 0 amide bonds. The lowest BCUT2D eigenvalue weighted by atomic mass is 9.74. The molecule has 0 fully saturated rings. The quantitative estimate of drug-likeness (QED) is 0.0529. The molecule has 8 rings (SSSR count). The van der Waals surface area contributed by atoms with Gasteiger partial charge < -0.3 is 40.5 Å². The molecule has 70 heavy (non-hydrogen) atoms. The Morgan fingerprint density at radius 2 is 0.843 bits per heavy atom. The first-order valence-electron chi connectivity index (χ1n) is 23.9. The topological polar surface area (TPSA) is 151 Å². The number of fused-ring (bicyclic) bond motifs is 8. The van der Waals surface area contributed by atoms with Crippen molar-refractivity contribution in [2.75, 3.05) is 7.11 Å². The summed E-state index contributed by atoms with van der Waals surface area (Å²) in [5.74, 6) is -4.91. The first-order chi connectivity index (χ1) is 33.5. The van der Waals surface area contributed by atoms with Gasteiger partial charge in [-0.25, -0.2) is 0 Å². The molecule has 8 nitrogen and oxygen atoms in total. The van der Waals surface area contributed by atoms with E-state index in [4.69, 9.17) is 4.74 Å². The average Bonchev–Trinajstić information content (AvgIpc) is 3.33. The number of rotatable bonds is 10. The van der Waals surface area contributed by atoms with E-state index >= 15 is 0 Å². The highest BCUT2D eigenvalue weighted by atomic mass is 16.5. The van der Waals surface area contributed by atoms with Crippen LogP contribution < -0.4 is 4.74 Å². The number of allylic oxidation sites excluding steroid dienone is 5. The van der Waals surface area contributed by atoms with Crippen molar-refractivity contribution in [2.45, 2.75) is 78.1 Å². The van der Waals surface area contributed by atoms with Gasteiger partial charge in [0.1, 0.15) is 46.0 Å². The molecule has 8 bridgehead atoms. The van der Waals surface area contributed by atoms with E-state index in [9.17, 15) is 35.7 Å². The van der Waals surface area contributed by atoms with Crippen LogP contribution in [0.4, 0.5) is 0 Å². The van der Waals surface area contributed by atoms with Gasteiger partial charge in [-0.1, -0.05) is 130 Å². The van der Waals surface area contributed by atoms with Crippen molar-refractivity contribution in [3.63, 3.8) is 0 Å². The Hall–Kier alpha value is -7.84. The fraction of sp³-hybridized carbons (Fsp3) is 0.226. The lowest BCUT2D eigenvalue weighted by Crippen LogP contribution is -2.14. The predicted molar refractivity (Wildman–Crippen MR) is 278 cm³/mol. The van der Waals surface area contributed by atoms with Crippen LogP contribution in [-0.4, -0.2) is 42.9 Å². The van der Waals surface area contributed by atoms with Crippen LogP contribution in [0, 0.1) is 12.8 Å². The lowest BCUT2D eigenvalue weighted by Gasteiger charge is -2.30. The van der Waals surface area contributed by atoms with Crippen LogP contribution in [0.15, 0.2) is 157 Å². The molecule has 7 aromatic carbocycles. The highest BCUT2D eigenvalue weighted by Gasteiger charge is 2.35. The van der Waals surface area contributed by atoms with Gasteiger partial charge in [0.15, 0.2) is 0 Å². The molecule has 0 radical (unpaired) electrons. The van der Waals surface area contributed by atoms with E-state index in [0.29, 0.717) is 72.5 Å². The van der Waals surface area contributed by atoms with Gasteiger partial charge in [-0.05, 0) is 97.2 Å². The van der Waals surface area contributed by atoms with Crippen molar-refractivity contribution in [3.05, 3.63) is 235 Å². The van der Waals surface area contributed by atoms with Gasteiger partial charge in [-0.2, -0.15) is 0 Å². The van der Waals surface area contributed by atoms with Crippen LogP contribution in [0.5, 0.6) is 46.0 Å². The van der Waals surface area contributed by atoms with E-state index < -0.39 is 23.7 Å². The zero-order chi connectivity index (χ0) is 50.1. The van der Waals surface area contributed by atoms with Crippen LogP contribution in [0.3, 0.4) is 0 Å². The number of phenols is 7. The van der Waals surface area contributed by atoms with Crippen molar-refractivity contribution >= 4 is 0 Å². The first-order valence-corrected chi connectivity index (χ1v) is 23.9. The summed E-state index contributed by atoms with van der Waals surface area (Å²) in [5.41, 5.74) is 10.0. The number of benzene rings is 7. The largest absolute Gasteiger partial charge is 0.507 e. The fourth-order valence-electron chi connectivity index (χ4n) is 10.4. The van der Waals surface area contributed by atoms with Gasteiger partial charge in [-0.3, -0.25) is 0 Å². The molecule has 7 N–H and O–H groups in total. The summed E-state index contributed by atoms with van der Waals surface area (Å²) in [4.78, 5) is 0. The van der Waals surface area contributed by atoms with E-state index in [-0.39, 0.29) is 46.2 Å². The maximum Gasteiger partial charge on any atom is 0.126 e.